The Morgan fingerprint density at radius 2 is 2.10 bits per heavy atom. The highest BCUT2D eigenvalue weighted by molar-refractivity contribution is 5.85. The minimum absolute atomic E-state index is 0. The average molecular weight is 313 g/mol. The first-order valence-corrected chi connectivity index (χ1v) is 7.32. The van der Waals surface area contributed by atoms with Crippen molar-refractivity contribution in [3.63, 3.8) is 0 Å². The van der Waals surface area contributed by atoms with Crippen LogP contribution in [0.1, 0.15) is 24.8 Å². The number of nitrogens with zero attached hydrogens (tertiary/aromatic N) is 1. The predicted molar refractivity (Wildman–Crippen MR) is 87.2 cm³/mol. The van der Waals surface area contributed by atoms with Gasteiger partial charge in [-0.2, -0.15) is 0 Å². The summed E-state index contributed by atoms with van der Waals surface area (Å²) in [6, 6.07) is 8.29. The van der Waals surface area contributed by atoms with Crippen LogP contribution in [-0.4, -0.2) is 43.6 Å². The normalized spacial score (nSPS) is 15.1. The maximum Gasteiger partial charge on any atom is 0.225 e. The van der Waals surface area contributed by atoms with Gasteiger partial charge in [-0.1, -0.05) is 12.1 Å². The van der Waals surface area contributed by atoms with E-state index >= 15 is 0 Å². The molecule has 0 radical (unpaired) electrons. The number of aryl methyl sites for hydroxylation is 1. The lowest BCUT2D eigenvalue weighted by atomic mass is 10.1. The monoisotopic (exact) mass is 312 g/mol. The molecule has 118 valence electrons. The van der Waals surface area contributed by atoms with Crippen LogP contribution in [0.15, 0.2) is 24.3 Å². The van der Waals surface area contributed by atoms with Gasteiger partial charge in [-0.3, -0.25) is 4.79 Å². The fourth-order valence-corrected chi connectivity index (χ4v) is 2.54. The fraction of sp³-hybridized carbons (Fsp3) is 0.562. The van der Waals surface area contributed by atoms with Crippen molar-refractivity contribution in [2.75, 3.05) is 26.7 Å². The van der Waals surface area contributed by atoms with E-state index in [2.05, 4.69) is 5.32 Å². The summed E-state index contributed by atoms with van der Waals surface area (Å²) in [5.74, 6) is 1.01. The lowest BCUT2D eigenvalue weighted by molar-refractivity contribution is -0.132. The van der Waals surface area contributed by atoms with Gasteiger partial charge in [0.05, 0.1) is 13.0 Å². The van der Waals surface area contributed by atoms with Crippen LogP contribution < -0.4 is 10.1 Å². The van der Waals surface area contributed by atoms with Gasteiger partial charge in [0.25, 0.3) is 0 Å². The number of carbonyl (C=O) groups is 1. The third-order valence-electron chi connectivity index (χ3n) is 3.82. The summed E-state index contributed by atoms with van der Waals surface area (Å²) < 4.78 is 5.64. The summed E-state index contributed by atoms with van der Waals surface area (Å²) in [6.45, 7) is 4.48. The number of amides is 1. The fourth-order valence-electron chi connectivity index (χ4n) is 2.54. The van der Waals surface area contributed by atoms with Gasteiger partial charge in [-0.25, -0.2) is 0 Å². The molecule has 1 aromatic rings. The van der Waals surface area contributed by atoms with Crippen LogP contribution in [0, 0.1) is 6.92 Å². The van der Waals surface area contributed by atoms with E-state index in [1.165, 1.54) is 5.56 Å². The summed E-state index contributed by atoms with van der Waals surface area (Å²) in [7, 11) is 1.91. The molecule has 1 N–H and O–H groups in total. The van der Waals surface area contributed by atoms with Crippen LogP contribution >= 0.6 is 12.4 Å². The molecule has 0 aliphatic carbocycles. The number of ether oxygens (including phenoxy) is 1. The summed E-state index contributed by atoms with van der Waals surface area (Å²) in [4.78, 5) is 14.0. The molecule has 1 fully saturated rings. The number of carbonyl (C=O) groups excluding carboxylic acids is 1. The topological polar surface area (TPSA) is 41.6 Å². The lowest BCUT2D eigenvalue weighted by Crippen LogP contribution is -2.44. The van der Waals surface area contributed by atoms with E-state index in [0.717, 1.165) is 31.7 Å². The van der Waals surface area contributed by atoms with Gasteiger partial charge in [-0.05, 0) is 50.6 Å². The van der Waals surface area contributed by atoms with Gasteiger partial charge in [0, 0.05) is 13.1 Å². The second kappa shape index (κ2) is 8.90. The molecule has 0 aromatic heterocycles. The van der Waals surface area contributed by atoms with E-state index in [1.54, 1.807) is 0 Å². The van der Waals surface area contributed by atoms with E-state index < -0.39 is 0 Å². The maximum atomic E-state index is 12.1. The Balaban J connectivity index is 0.00000220. The summed E-state index contributed by atoms with van der Waals surface area (Å²) in [5.41, 5.74) is 1.17. The molecular weight excluding hydrogens is 288 g/mol. The Morgan fingerprint density at radius 3 is 2.76 bits per heavy atom. The van der Waals surface area contributed by atoms with Gasteiger partial charge in [-0.15, -0.1) is 12.4 Å². The van der Waals surface area contributed by atoms with E-state index in [9.17, 15) is 4.79 Å². The smallest absolute Gasteiger partial charge is 0.225 e. The molecule has 0 atom stereocenters. The van der Waals surface area contributed by atoms with Crippen molar-refractivity contribution < 1.29 is 9.53 Å². The van der Waals surface area contributed by atoms with Crippen molar-refractivity contribution in [1.29, 1.82) is 0 Å². The Bertz CT molecular complexity index is 448. The Hall–Kier alpha value is -1.26. The molecule has 0 spiro atoms. The minimum Gasteiger partial charge on any atom is -0.493 e. The van der Waals surface area contributed by atoms with Crippen molar-refractivity contribution in [2.45, 2.75) is 32.2 Å². The van der Waals surface area contributed by atoms with Crippen LogP contribution in [0.25, 0.3) is 0 Å². The molecule has 1 aromatic carbocycles. The van der Waals surface area contributed by atoms with Gasteiger partial charge < -0.3 is 15.0 Å². The summed E-state index contributed by atoms with van der Waals surface area (Å²) >= 11 is 0. The van der Waals surface area contributed by atoms with Crippen LogP contribution in [-0.2, 0) is 4.79 Å². The van der Waals surface area contributed by atoms with Crippen LogP contribution in [0.4, 0.5) is 0 Å². The zero-order chi connectivity index (χ0) is 14.4. The second-order valence-electron chi connectivity index (χ2n) is 5.40. The molecule has 21 heavy (non-hydrogen) atoms. The largest absolute Gasteiger partial charge is 0.493 e. The van der Waals surface area contributed by atoms with E-state index in [0.29, 0.717) is 19.1 Å². The maximum absolute atomic E-state index is 12.1. The summed E-state index contributed by atoms with van der Waals surface area (Å²) in [6.07, 6.45) is 2.52. The van der Waals surface area contributed by atoms with Gasteiger partial charge in [0.1, 0.15) is 5.75 Å². The minimum atomic E-state index is 0. The zero-order valence-corrected chi connectivity index (χ0v) is 13.6. The van der Waals surface area contributed by atoms with Crippen molar-refractivity contribution in [3.05, 3.63) is 29.8 Å². The number of hydrogen-bond acceptors (Lipinski definition) is 3. The first-order chi connectivity index (χ1) is 9.66. The predicted octanol–water partition coefficient (Wildman–Crippen LogP) is 2.40. The average Bonchev–Trinajstić information content (AvgIpc) is 2.47. The van der Waals surface area contributed by atoms with Crippen molar-refractivity contribution in [1.82, 2.24) is 10.2 Å². The molecule has 1 saturated heterocycles. The number of rotatable bonds is 5. The zero-order valence-electron chi connectivity index (χ0n) is 12.8. The van der Waals surface area contributed by atoms with Crippen LogP contribution in [0.5, 0.6) is 5.75 Å². The van der Waals surface area contributed by atoms with Crippen LogP contribution in [0.3, 0.4) is 0 Å². The molecule has 0 saturated carbocycles. The quantitative estimate of drug-likeness (QED) is 0.908. The molecule has 2 rings (SSSR count). The number of nitrogens with one attached hydrogen (secondary N) is 1. The van der Waals surface area contributed by atoms with E-state index in [-0.39, 0.29) is 18.3 Å². The third-order valence-corrected chi connectivity index (χ3v) is 3.82. The van der Waals surface area contributed by atoms with Crippen LogP contribution in [0.2, 0.25) is 0 Å². The molecule has 0 bridgehead atoms. The molecule has 1 heterocycles. The standard InChI is InChI=1S/C16H24N2O2.ClH/c1-13-4-3-5-15(12-13)20-11-8-16(19)18(2)14-6-9-17-10-7-14;/h3-5,12,14,17H,6-11H2,1-2H3;1H. The molecule has 1 aliphatic heterocycles. The molecular formula is C16H25ClN2O2. The van der Waals surface area contributed by atoms with Gasteiger partial charge in [0.2, 0.25) is 5.91 Å². The SMILES string of the molecule is Cc1cccc(OCCC(=O)N(C)C2CCNCC2)c1.Cl. The number of benzene rings is 1. The number of halogens is 1. The van der Waals surface area contributed by atoms with E-state index in [1.807, 2.05) is 43.1 Å². The number of hydrogen-bond donors (Lipinski definition) is 1. The molecule has 1 amide bonds. The molecule has 1 aliphatic rings. The second-order valence-corrected chi connectivity index (χ2v) is 5.40. The van der Waals surface area contributed by atoms with Crippen molar-refractivity contribution in [2.24, 2.45) is 0 Å². The van der Waals surface area contributed by atoms with Crippen molar-refractivity contribution in [3.8, 4) is 5.75 Å². The Kier molecular flexibility index (Phi) is 7.54. The van der Waals surface area contributed by atoms with Gasteiger partial charge >= 0.3 is 0 Å². The highest BCUT2D eigenvalue weighted by Crippen LogP contribution is 2.14. The molecule has 0 unspecified atom stereocenters. The third kappa shape index (κ3) is 5.56. The van der Waals surface area contributed by atoms with E-state index in [4.69, 9.17) is 4.74 Å². The van der Waals surface area contributed by atoms with Crippen molar-refractivity contribution >= 4 is 18.3 Å². The highest BCUT2D eigenvalue weighted by atomic mass is 35.5. The number of piperidine rings is 1. The Morgan fingerprint density at radius 1 is 1.38 bits per heavy atom. The Labute approximate surface area is 133 Å². The van der Waals surface area contributed by atoms with Gasteiger partial charge in [0.15, 0.2) is 0 Å². The first kappa shape index (κ1) is 17.8. The first-order valence-electron chi connectivity index (χ1n) is 7.32. The summed E-state index contributed by atoms with van der Waals surface area (Å²) in [5, 5.41) is 3.32. The lowest BCUT2D eigenvalue weighted by Gasteiger charge is -2.31. The molecule has 4 nitrogen and oxygen atoms in total. The highest BCUT2D eigenvalue weighted by Gasteiger charge is 2.21. The molecule has 5 heteroatoms.